The van der Waals surface area contributed by atoms with E-state index in [-0.39, 0.29) is 12.6 Å². The Kier molecular flexibility index (Phi) is 4.88. The van der Waals surface area contributed by atoms with Crippen LogP contribution in [0.4, 0.5) is 13.2 Å². The summed E-state index contributed by atoms with van der Waals surface area (Å²) in [6, 6.07) is -0.225. The maximum Gasteiger partial charge on any atom is 0.522 e. The van der Waals surface area contributed by atoms with Crippen LogP contribution in [0.1, 0.15) is 31.5 Å². The second-order valence-corrected chi connectivity index (χ2v) is 3.60. The number of halogens is 3. The van der Waals surface area contributed by atoms with E-state index in [9.17, 15) is 13.2 Å². The van der Waals surface area contributed by atoms with Crippen molar-refractivity contribution in [3.63, 3.8) is 0 Å². The highest BCUT2D eigenvalue weighted by atomic mass is 19.4. The molecule has 1 atom stereocenters. The Labute approximate surface area is 96.7 Å². The van der Waals surface area contributed by atoms with Crippen LogP contribution in [0.15, 0.2) is 6.20 Å². The van der Waals surface area contributed by atoms with Gasteiger partial charge in [0, 0.05) is 0 Å². The molecular formula is C9H15F3N4O. The van der Waals surface area contributed by atoms with E-state index in [1.54, 1.807) is 6.20 Å². The Morgan fingerprint density at radius 2 is 2.24 bits per heavy atom. The van der Waals surface area contributed by atoms with Crippen molar-refractivity contribution in [1.29, 1.82) is 0 Å². The Bertz CT molecular complexity index is 339. The first-order valence-electron chi connectivity index (χ1n) is 5.28. The van der Waals surface area contributed by atoms with E-state index in [1.165, 1.54) is 4.68 Å². The minimum atomic E-state index is -4.61. The molecule has 17 heavy (non-hydrogen) atoms. The highest BCUT2D eigenvalue weighted by Gasteiger charge is 2.28. The molecule has 0 saturated heterocycles. The fourth-order valence-electron chi connectivity index (χ4n) is 1.31. The van der Waals surface area contributed by atoms with Crippen LogP contribution in [-0.4, -0.2) is 28.0 Å². The molecule has 0 bridgehead atoms. The Morgan fingerprint density at radius 3 is 2.82 bits per heavy atom. The third-order valence-corrected chi connectivity index (χ3v) is 2.12. The zero-order valence-electron chi connectivity index (χ0n) is 9.44. The highest BCUT2D eigenvalue weighted by Crippen LogP contribution is 2.16. The molecule has 0 aromatic carbocycles. The third kappa shape index (κ3) is 5.14. The van der Waals surface area contributed by atoms with E-state index in [2.05, 4.69) is 15.0 Å². The lowest BCUT2D eigenvalue weighted by Crippen LogP contribution is -2.17. The number of ether oxygens (including phenoxy) is 1. The minimum Gasteiger partial charge on any atom is -0.323 e. The number of hydrogen-bond acceptors (Lipinski definition) is 4. The monoisotopic (exact) mass is 252 g/mol. The van der Waals surface area contributed by atoms with Crippen molar-refractivity contribution in [3.8, 4) is 0 Å². The van der Waals surface area contributed by atoms with E-state index < -0.39 is 13.0 Å². The summed E-state index contributed by atoms with van der Waals surface area (Å²) in [6.07, 6.45) is -1.40. The van der Waals surface area contributed by atoms with Gasteiger partial charge in [0.1, 0.15) is 0 Å². The molecule has 0 aliphatic carbocycles. The fourth-order valence-corrected chi connectivity index (χ4v) is 1.31. The molecule has 1 rings (SSSR count). The molecule has 0 radical (unpaired) electrons. The summed E-state index contributed by atoms with van der Waals surface area (Å²) in [5, 5.41) is 7.48. The first-order valence-corrected chi connectivity index (χ1v) is 5.28. The first kappa shape index (κ1) is 13.9. The lowest BCUT2D eigenvalue weighted by molar-refractivity contribution is -0.325. The maximum atomic E-state index is 11.7. The molecule has 0 fully saturated rings. The van der Waals surface area contributed by atoms with Crippen LogP contribution in [0.2, 0.25) is 0 Å². The van der Waals surface area contributed by atoms with E-state index in [0.29, 0.717) is 5.69 Å². The fraction of sp³-hybridized carbons (Fsp3) is 0.778. The minimum absolute atomic E-state index is 0.00858. The van der Waals surface area contributed by atoms with Crippen molar-refractivity contribution in [3.05, 3.63) is 11.9 Å². The summed E-state index contributed by atoms with van der Waals surface area (Å²) in [5.41, 5.74) is 6.37. The van der Waals surface area contributed by atoms with Gasteiger partial charge in [0.15, 0.2) is 0 Å². The van der Waals surface area contributed by atoms with Gasteiger partial charge in [-0.3, -0.25) is 4.74 Å². The zero-order chi connectivity index (χ0) is 12.9. The van der Waals surface area contributed by atoms with Gasteiger partial charge >= 0.3 is 6.36 Å². The lowest BCUT2D eigenvalue weighted by Gasteiger charge is -2.06. The molecule has 5 nitrogen and oxygen atoms in total. The Hall–Kier alpha value is -1.15. The van der Waals surface area contributed by atoms with E-state index in [1.807, 2.05) is 6.92 Å². The molecule has 0 aliphatic rings. The lowest BCUT2D eigenvalue weighted by atomic mass is 10.1. The first-order chi connectivity index (χ1) is 7.92. The van der Waals surface area contributed by atoms with Crippen molar-refractivity contribution in [1.82, 2.24) is 15.0 Å². The van der Waals surface area contributed by atoms with Gasteiger partial charge in [-0.1, -0.05) is 18.6 Å². The van der Waals surface area contributed by atoms with Gasteiger partial charge < -0.3 is 5.73 Å². The zero-order valence-corrected chi connectivity index (χ0v) is 9.44. The normalized spacial score (nSPS) is 13.9. The largest absolute Gasteiger partial charge is 0.522 e. The molecule has 0 amide bonds. The summed E-state index contributed by atoms with van der Waals surface area (Å²) in [6.45, 7) is 1.49. The summed E-state index contributed by atoms with van der Waals surface area (Å²) >= 11 is 0. The average Bonchev–Trinajstić information content (AvgIpc) is 2.65. The third-order valence-electron chi connectivity index (χ3n) is 2.12. The van der Waals surface area contributed by atoms with Gasteiger partial charge in [0.05, 0.1) is 31.1 Å². The summed E-state index contributed by atoms with van der Waals surface area (Å²) in [4.78, 5) is 0. The van der Waals surface area contributed by atoms with Gasteiger partial charge in [-0.05, 0) is 6.42 Å². The van der Waals surface area contributed by atoms with Crippen molar-refractivity contribution in [2.24, 2.45) is 5.73 Å². The predicted octanol–water partition coefficient (Wildman–Crippen LogP) is 1.61. The molecular weight excluding hydrogens is 237 g/mol. The highest BCUT2D eigenvalue weighted by molar-refractivity contribution is 4.99. The molecule has 1 aromatic rings. The van der Waals surface area contributed by atoms with Crippen LogP contribution >= 0.6 is 0 Å². The average molecular weight is 252 g/mol. The summed E-state index contributed by atoms with van der Waals surface area (Å²) < 4.78 is 40.0. The number of nitrogens with zero attached hydrogens (tertiary/aromatic N) is 3. The van der Waals surface area contributed by atoms with Crippen LogP contribution in [0.25, 0.3) is 0 Å². The number of rotatable bonds is 6. The molecule has 2 N–H and O–H groups in total. The van der Waals surface area contributed by atoms with Crippen molar-refractivity contribution in [2.75, 3.05) is 6.61 Å². The molecule has 8 heteroatoms. The van der Waals surface area contributed by atoms with E-state index >= 15 is 0 Å². The molecule has 98 valence electrons. The molecule has 0 aliphatic heterocycles. The van der Waals surface area contributed by atoms with Gasteiger partial charge in [-0.15, -0.1) is 18.3 Å². The van der Waals surface area contributed by atoms with Gasteiger partial charge in [0.25, 0.3) is 0 Å². The van der Waals surface area contributed by atoms with Crippen LogP contribution in [-0.2, 0) is 11.3 Å². The Balaban J connectivity index is 2.40. The van der Waals surface area contributed by atoms with Gasteiger partial charge in [-0.2, -0.15) is 0 Å². The van der Waals surface area contributed by atoms with Gasteiger partial charge in [0.2, 0.25) is 0 Å². The molecule has 1 heterocycles. The van der Waals surface area contributed by atoms with Crippen LogP contribution < -0.4 is 5.73 Å². The number of alkyl halides is 3. The molecule has 0 saturated carbocycles. The molecule has 0 spiro atoms. The summed E-state index contributed by atoms with van der Waals surface area (Å²) in [7, 11) is 0. The quantitative estimate of drug-likeness (QED) is 0.835. The second-order valence-electron chi connectivity index (χ2n) is 3.60. The van der Waals surface area contributed by atoms with Crippen molar-refractivity contribution < 1.29 is 17.9 Å². The Morgan fingerprint density at radius 1 is 1.53 bits per heavy atom. The molecule has 1 aromatic heterocycles. The van der Waals surface area contributed by atoms with Crippen molar-refractivity contribution >= 4 is 0 Å². The van der Waals surface area contributed by atoms with E-state index in [0.717, 1.165) is 12.8 Å². The van der Waals surface area contributed by atoms with Crippen molar-refractivity contribution in [2.45, 2.75) is 38.7 Å². The standard InChI is InChI=1S/C9H15F3N4O/c1-2-3-7(13)8-6-16(15-14-8)4-5-17-9(10,11)12/h6-7H,2-5,13H2,1H3. The topological polar surface area (TPSA) is 66.0 Å². The van der Waals surface area contributed by atoms with Crippen LogP contribution in [0.3, 0.4) is 0 Å². The molecule has 1 unspecified atom stereocenters. The van der Waals surface area contributed by atoms with E-state index in [4.69, 9.17) is 5.73 Å². The predicted molar refractivity (Wildman–Crippen MR) is 53.9 cm³/mol. The van der Waals surface area contributed by atoms with Gasteiger partial charge in [-0.25, -0.2) is 4.68 Å². The van der Waals surface area contributed by atoms with Crippen LogP contribution in [0.5, 0.6) is 0 Å². The SMILES string of the molecule is CCCC(N)c1cn(CCOC(F)(F)F)nn1. The summed E-state index contributed by atoms with van der Waals surface area (Å²) in [5.74, 6) is 0. The second kappa shape index (κ2) is 5.97. The van der Waals surface area contributed by atoms with Crippen LogP contribution in [0, 0.1) is 0 Å². The maximum absolute atomic E-state index is 11.7. The number of nitrogens with two attached hydrogens (primary N) is 1. The smallest absolute Gasteiger partial charge is 0.323 e. The number of aromatic nitrogens is 3. The number of hydrogen-bond donors (Lipinski definition) is 1.